The molecule has 11 heteroatoms. The second-order valence-corrected chi connectivity index (χ2v) is 11.4. The maximum atomic E-state index is 13.1. The summed E-state index contributed by atoms with van der Waals surface area (Å²) >= 11 is 0. The lowest BCUT2D eigenvalue weighted by atomic mass is 9.79. The van der Waals surface area contributed by atoms with Crippen LogP contribution in [0, 0.1) is 11.8 Å². The van der Waals surface area contributed by atoms with Crippen LogP contribution in [0.2, 0.25) is 0 Å². The van der Waals surface area contributed by atoms with Crippen molar-refractivity contribution in [3.8, 4) is 22.7 Å². The summed E-state index contributed by atoms with van der Waals surface area (Å²) < 4.78 is 73.4. The summed E-state index contributed by atoms with van der Waals surface area (Å²) in [5, 5.41) is 4.13. The van der Waals surface area contributed by atoms with E-state index in [1.165, 1.54) is 0 Å². The molecule has 1 saturated heterocycles. The van der Waals surface area contributed by atoms with Crippen LogP contribution >= 0.6 is 0 Å². The third-order valence-electron chi connectivity index (χ3n) is 7.63. The van der Waals surface area contributed by atoms with E-state index in [0.29, 0.717) is 34.3 Å². The number of pyridine rings is 1. The maximum Gasteiger partial charge on any atom is 0.402 e. The quantitative estimate of drug-likeness (QED) is 0.583. The first kappa shape index (κ1) is 22.7. The van der Waals surface area contributed by atoms with Gasteiger partial charge in [-0.3, -0.25) is 4.98 Å². The lowest BCUT2D eigenvalue weighted by molar-refractivity contribution is -0.136. The number of hydrogen-bond acceptors (Lipinski definition) is 5. The molecule has 0 unspecified atom stereocenters. The Morgan fingerprint density at radius 1 is 1.06 bits per heavy atom. The fourth-order valence-electron chi connectivity index (χ4n) is 6.04. The Kier molecular flexibility index (Phi) is 5.10. The number of nitrogens with zero attached hydrogens (tertiary/aromatic N) is 3. The molecule has 0 amide bonds. The van der Waals surface area contributed by atoms with E-state index in [0.717, 1.165) is 29.5 Å². The molecule has 1 aliphatic heterocycles. The molecule has 2 fully saturated rings. The Morgan fingerprint density at radius 2 is 1.83 bits per heavy atom. The predicted octanol–water partition coefficient (Wildman–Crippen LogP) is 3.98. The number of alkyl halides is 3. The zero-order chi connectivity index (χ0) is 24.4. The van der Waals surface area contributed by atoms with E-state index < -0.39 is 28.5 Å². The molecule has 6 rings (SSSR count). The van der Waals surface area contributed by atoms with Crippen molar-refractivity contribution in [2.45, 2.75) is 37.4 Å². The highest BCUT2D eigenvalue weighted by molar-refractivity contribution is 7.87. The summed E-state index contributed by atoms with van der Waals surface area (Å²) in [4.78, 5) is 4.29. The predicted molar refractivity (Wildman–Crippen MR) is 121 cm³/mol. The summed E-state index contributed by atoms with van der Waals surface area (Å²) in [5.41, 5.74) is 3.45. The van der Waals surface area contributed by atoms with E-state index in [-0.39, 0.29) is 18.4 Å². The summed E-state index contributed by atoms with van der Waals surface area (Å²) in [6.07, 6.45) is -0.156. The number of halogens is 3. The van der Waals surface area contributed by atoms with Crippen molar-refractivity contribution in [2.24, 2.45) is 11.8 Å². The largest absolute Gasteiger partial charge is 0.402 e. The lowest BCUT2D eigenvalue weighted by Crippen LogP contribution is -2.52. The third kappa shape index (κ3) is 3.95. The van der Waals surface area contributed by atoms with Crippen molar-refractivity contribution < 1.29 is 26.1 Å². The van der Waals surface area contributed by atoms with Crippen LogP contribution in [0.1, 0.15) is 24.0 Å². The number of fused-ring (bicyclic) bond motifs is 1. The van der Waals surface area contributed by atoms with Gasteiger partial charge in [0.15, 0.2) is 5.76 Å². The number of rotatable bonds is 3. The van der Waals surface area contributed by atoms with Crippen molar-refractivity contribution in [1.82, 2.24) is 19.2 Å². The van der Waals surface area contributed by atoms with Crippen LogP contribution in [0.3, 0.4) is 0 Å². The van der Waals surface area contributed by atoms with Crippen molar-refractivity contribution in [1.29, 1.82) is 0 Å². The van der Waals surface area contributed by atoms with Gasteiger partial charge in [0, 0.05) is 24.4 Å². The summed E-state index contributed by atoms with van der Waals surface area (Å²) in [7, 11) is -4.20. The van der Waals surface area contributed by atoms with Crippen molar-refractivity contribution in [3.63, 3.8) is 0 Å². The molecule has 2 aliphatic carbocycles. The topological polar surface area (TPSA) is 88.3 Å². The van der Waals surface area contributed by atoms with Gasteiger partial charge < -0.3 is 4.52 Å². The number of hydrogen-bond donors (Lipinski definition) is 1. The van der Waals surface area contributed by atoms with Gasteiger partial charge in [-0.05, 0) is 66.8 Å². The zero-order valence-electron chi connectivity index (χ0n) is 18.6. The van der Waals surface area contributed by atoms with Gasteiger partial charge in [-0.2, -0.15) is 30.6 Å². The molecule has 7 nitrogen and oxygen atoms in total. The van der Waals surface area contributed by atoms with Crippen LogP contribution in [0.25, 0.3) is 22.7 Å². The molecule has 2 bridgehead atoms. The van der Waals surface area contributed by atoms with Crippen molar-refractivity contribution in [3.05, 3.63) is 59.8 Å². The molecule has 2 aromatic heterocycles. The van der Waals surface area contributed by atoms with Crippen LogP contribution in [-0.2, 0) is 23.1 Å². The van der Waals surface area contributed by atoms with E-state index >= 15 is 0 Å². The average Bonchev–Trinajstić information content (AvgIpc) is 3.43. The normalized spacial score (nSPS) is 27.7. The lowest BCUT2D eigenvalue weighted by Gasteiger charge is -2.33. The fraction of sp³-hybridized carbons (Fsp3) is 0.417. The van der Waals surface area contributed by atoms with Gasteiger partial charge in [0.25, 0.3) is 10.2 Å². The Labute approximate surface area is 200 Å². The molecule has 1 aromatic carbocycles. The first-order valence-corrected chi connectivity index (χ1v) is 12.9. The van der Waals surface area contributed by atoms with E-state index in [2.05, 4.69) is 14.9 Å². The third-order valence-corrected chi connectivity index (χ3v) is 9.21. The van der Waals surface area contributed by atoms with Gasteiger partial charge in [-0.25, -0.2) is 0 Å². The van der Waals surface area contributed by atoms with Gasteiger partial charge in [0.05, 0.1) is 11.2 Å². The summed E-state index contributed by atoms with van der Waals surface area (Å²) in [6, 6.07) is 13.4. The minimum atomic E-state index is -4.59. The zero-order valence-corrected chi connectivity index (χ0v) is 19.4. The Bertz CT molecular complexity index is 1380. The molecule has 3 heterocycles. The van der Waals surface area contributed by atoms with Gasteiger partial charge >= 0.3 is 6.18 Å². The van der Waals surface area contributed by atoms with Crippen molar-refractivity contribution >= 4 is 10.2 Å². The van der Waals surface area contributed by atoms with E-state index in [1.54, 1.807) is 6.20 Å². The van der Waals surface area contributed by atoms with Crippen molar-refractivity contribution in [2.75, 3.05) is 13.1 Å². The Hall–Kier alpha value is -2.76. The van der Waals surface area contributed by atoms with Crippen LogP contribution in [0.5, 0.6) is 0 Å². The SMILES string of the molecule is O=S1(=O)N[C@@]2(CN1CC(F)(F)F)[C@@H]1CC[C@H]2Cc2ccc(-c3cc(-c4ccccn4)no3)cc2C1. The molecular weight excluding hydrogens is 481 g/mol. The van der Waals surface area contributed by atoms with E-state index in [1.807, 2.05) is 42.5 Å². The molecule has 3 aliphatic rings. The molecule has 0 radical (unpaired) electrons. The molecule has 1 N–H and O–H groups in total. The second kappa shape index (κ2) is 7.87. The smallest absolute Gasteiger partial charge is 0.356 e. The highest BCUT2D eigenvalue weighted by Crippen LogP contribution is 2.50. The minimum Gasteiger partial charge on any atom is -0.356 e. The first-order chi connectivity index (χ1) is 16.6. The molecule has 3 aromatic rings. The fourth-order valence-corrected chi connectivity index (χ4v) is 7.75. The van der Waals surface area contributed by atoms with E-state index in [4.69, 9.17) is 4.52 Å². The standard InChI is InChI=1S/C24H23F3N4O3S/c25-24(26,27)14-31-13-23(30-35(31,32)33)18-6-7-19(23)11-17-9-16(5-4-15(17)10-18)22-12-21(29-34-22)20-3-1-2-8-28-20/h1-5,8-9,12,18-19,30H,6-7,10-11,13-14H2/t18-,19+,23+/m0/s1. The van der Waals surface area contributed by atoms with Gasteiger partial charge in [-0.15, -0.1) is 0 Å². The molecular formula is C24H23F3N4O3S. The highest BCUT2D eigenvalue weighted by Gasteiger charge is 2.60. The molecule has 1 saturated carbocycles. The van der Waals surface area contributed by atoms with Gasteiger partial charge in [-0.1, -0.05) is 23.4 Å². The van der Waals surface area contributed by atoms with Gasteiger partial charge in [0.2, 0.25) is 0 Å². The minimum absolute atomic E-state index is 0.0614. The first-order valence-electron chi connectivity index (χ1n) is 11.5. The number of nitrogens with one attached hydrogen (secondary N) is 1. The second-order valence-electron chi connectivity index (χ2n) is 9.69. The van der Waals surface area contributed by atoms with Crippen LogP contribution < -0.4 is 4.72 Å². The van der Waals surface area contributed by atoms with Crippen LogP contribution in [0.15, 0.2) is 53.2 Å². The van der Waals surface area contributed by atoms with Crippen LogP contribution in [0.4, 0.5) is 13.2 Å². The highest BCUT2D eigenvalue weighted by atomic mass is 32.2. The monoisotopic (exact) mass is 504 g/mol. The molecule has 35 heavy (non-hydrogen) atoms. The Morgan fingerprint density at radius 3 is 2.54 bits per heavy atom. The van der Waals surface area contributed by atoms with Gasteiger partial charge in [0.1, 0.15) is 12.2 Å². The maximum absolute atomic E-state index is 13.1. The van der Waals surface area contributed by atoms with Crippen LogP contribution in [-0.4, -0.2) is 47.7 Å². The molecule has 3 atom stereocenters. The Balaban J connectivity index is 1.30. The average molecular weight is 505 g/mol. The number of aromatic nitrogens is 2. The summed E-state index contributed by atoms with van der Waals surface area (Å²) in [5.74, 6) is 0.444. The molecule has 1 spiro atoms. The summed E-state index contributed by atoms with van der Waals surface area (Å²) in [6.45, 7) is -1.62. The number of benzene rings is 1. The van der Waals surface area contributed by atoms with E-state index in [9.17, 15) is 21.6 Å². The molecule has 184 valence electrons.